The van der Waals surface area contributed by atoms with Crippen LogP contribution in [0.1, 0.15) is 29.9 Å². The van der Waals surface area contributed by atoms with Crippen LogP contribution in [0.4, 0.5) is 0 Å². The van der Waals surface area contributed by atoms with Crippen LogP contribution in [0.3, 0.4) is 0 Å². The van der Waals surface area contributed by atoms with Gasteiger partial charge in [-0.05, 0) is 46.7 Å². The quantitative estimate of drug-likeness (QED) is 0.852. The summed E-state index contributed by atoms with van der Waals surface area (Å²) in [5.41, 5.74) is 2.96. The lowest BCUT2D eigenvalue weighted by molar-refractivity contribution is 0.262. The van der Waals surface area contributed by atoms with Crippen LogP contribution in [0.15, 0.2) is 29.4 Å². The maximum atomic E-state index is 8.98. The van der Waals surface area contributed by atoms with Crippen molar-refractivity contribution in [2.45, 2.75) is 36.9 Å². The monoisotopic (exact) mass is 290 g/mol. The molecule has 1 aliphatic carbocycles. The van der Waals surface area contributed by atoms with Crippen LogP contribution >= 0.6 is 11.8 Å². The van der Waals surface area contributed by atoms with Crippen molar-refractivity contribution in [1.29, 1.82) is 0 Å². The van der Waals surface area contributed by atoms with E-state index < -0.39 is 0 Å². The molecule has 3 rings (SSSR count). The predicted octanol–water partition coefficient (Wildman–Crippen LogP) is 1.88. The van der Waals surface area contributed by atoms with Crippen LogP contribution < -0.4 is 0 Å². The highest BCUT2D eigenvalue weighted by Gasteiger charge is 2.20. The van der Waals surface area contributed by atoms with Gasteiger partial charge in [0.1, 0.15) is 0 Å². The lowest BCUT2D eigenvalue weighted by Crippen LogP contribution is -2.12. The van der Waals surface area contributed by atoms with Gasteiger partial charge in [-0.15, -0.1) is 5.10 Å². The van der Waals surface area contributed by atoms with Gasteiger partial charge in [-0.25, -0.2) is 4.68 Å². The number of rotatable bonds is 5. The SMILES string of the molecule is OCCn1nnnc1SCC1CCCc2ccccc21. The summed E-state index contributed by atoms with van der Waals surface area (Å²) in [6.07, 6.45) is 3.68. The van der Waals surface area contributed by atoms with Crippen molar-refractivity contribution in [2.24, 2.45) is 0 Å². The molecule has 1 aliphatic rings. The molecule has 1 heterocycles. The number of aliphatic hydroxyl groups is 1. The minimum atomic E-state index is 0.0604. The fourth-order valence-corrected chi connectivity index (χ4v) is 3.81. The van der Waals surface area contributed by atoms with Gasteiger partial charge in [0.15, 0.2) is 0 Å². The van der Waals surface area contributed by atoms with Gasteiger partial charge in [0.25, 0.3) is 0 Å². The van der Waals surface area contributed by atoms with Crippen molar-refractivity contribution in [3.05, 3.63) is 35.4 Å². The fourth-order valence-electron chi connectivity index (χ4n) is 2.74. The first kappa shape index (κ1) is 13.6. The highest BCUT2D eigenvalue weighted by atomic mass is 32.2. The van der Waals surface area contributed by atoms with Crippen LogP contribution in [0.5, 0.6) is 0 Å². The number of nitrogens with zero attached hydrogens (tertiary/aromatic N) is 4. The number of hydrogen-bond donors (Lipinski definition) is 1. The second-order valence-corrected chi connectivity index (χ2v) is 5.99. The standard InChI is InChI=1S/C14H18N4OS/c19-9-8-18-14(15-16-17-18)20-10-12-6-3-5-11-4-1-2-7-13(11)12/h1-2,4,7,12,19H,3,5-6,8-10H2. The minimum Gasteiger partial charge on any atom is -0.394 e. The number of aromatic nitrogens is 4. The van der Waals surface area contributed by atoms with Crippen molar-refractivity contribution in [3.63, 3.8) is 0 Å². The summed E-state index contributed by atoms with van der Waals surface area (Å²) in [6, 6.07) is 8.73. The first-order valence-corrected chi connectivity index (χ1v) is 7.94. The molecule has 0 fully saturated rings. The zero-order chi connectivity index (χ0) is 13.8. The zero-order valence-corrected chi connectivity index (χ0v) is 12.1. The Morgan fingerprint density at radius 3 is 3.15 bits per heavy atom. The van der Waals surface area contributed by atoms with Crippen molar-refractivity contribution in [3.8, 4) is 0 Å². The van der Waals surface area contributed by atoms with Gasteiger partial charge in [0.05, 0.1) is 13.2 Å². The normalized spacial score (nSPS) is 17.9. The highest BCUT2D eigenvalue weighted by molar-refractivity contribution is 7.99. The number of tetrazole rings is 1. The van der Waals surface area contributed by atoms with E-state index in [2.05, 4.69) is 39.8 Å². The van der Waals surface area contributed by atoms with Gasteiger partial charge in [-0.1, -0.05) is 36.0 Å². The molecule has 0 radical (unpaired) electrons. The van der Waals surface area contributed by atoms with Gasteiger partial charge >= 0.3 is 0 Å². The summed E-state index contributed by atoms with van der Waals surface area (Å²) in [6.45, 7) is 0.515. The van der Waals surface area contributed by atoms with Crippen molar-refractivity contribution >= 4 is 11.8 Å². The van der Waals surface area contributed by atoms with Crippen molar-refractivity contribution in [1.82, 2.24) is 20.2 Å². The molecule has 0 spiro atoms. The van der Waals surface area contributed by atoms with E-state index in [1.807, 2.05) is 0 Å². The summed E-state index contributed by atoms with van der Waals surface area (Å²) < 4.78 is 1.67. The first-order valence-electron chi connectivity index (χ1n) is 6.96. The molecule has 1 atom stereocenters. The smallest absolute Gasteiger partial charge is 0.209 e. The molecular formula is C14H18N4OS. The van der Waals surface area contributed by atoms with E-state index in [9.17, 15) is 0 Å². The summed E-state index contributed by atoms with van der Waals surface area (Å²) in [4.78, 5) is 0. The second kappa shape index (κ2) is 6.37. The molecule has 106 valence electrons. The maximum absolute atomic E-state index is 8.98. The molecule has 0 saturated heterocycles. The Kier molecular flexibility index (Phi) is 4.32. The summed E-state index contributed by atoms with van der Waals surface area (Å²) >= 11 is 1.68. The summed E-state index contributed by atoms with van der Waals surface area (Å²) in [5.74, 6) is 1.56. The molecule has 0 bridgehead atoms. The molecule has 1 N–H and O–H groups in total. The number of benzene rings is 1. The lowest BCUT2D eigenvalue weighted by Gasteiger charge is -2.24. The summed E-state index contributed by atoms with van der Waals surface area (Å²) in [7, 11) is 0. The molecule has 0 amide bonds. The average molecular weight is 290 g/mol. The second-order valence-electron chi connectivity index (χ2n) is 5.01. The van der Waals surface area contributed by atoms with Crippen LogP contribution in [-0.2, 0) is 13.0 Å². The molecule has 0 aliphatic heterocycles. The van der Waals surface area contributed by atoms with Crippen LogP contribution in [0, 0.1) is 0 Å². The van der Waals surface area contributed by atoms with Crippen molar-refractivity contribution in [2.75, 3.05) is 12.4 Å². The van der Waals surface area contributed by atoms with E-state index in [-0.39, 0.29) is 6.61 Å². The highest BCUT2D eigenvalue weighted by Crippen LogP contribution is 2.35. The Bertz CT molecular complexity index is 572. The van der Waals surface area contributed by atoms with Crippen LogP contribution in [-0.4, -0.2) is 37.7 Å². The molecular weight excluding hydrogens is 272 g/mol. The van der Waals surface area contributed by atoms with E-state index in [0.717, 1.165) is 10.9 Å². The Hall–Kier alpha value is -1.40. The Labute approximate surface area is 122 Å². The molecule has 1 aromatic carbocycles. The topological polar surface area (TPSA) is 63.8 Å². The Balaban J connectivity index is 1.69. The molecule has 2 aromatic rings. The van der Waals surface area contributed by atoms with Crippen LogP contribution in [0.2, 0.25) is 0 Å². The van der Waals surface area contributed by atoms with Gasteiger partial charge in [0.2, 0.25) is 5.16 Å². The van der Waals surface area contributed by atoms with Gasteiger partial charge in [-0.3, -0.25) is 0 Å². The molecule has 1 unspecified atom stereocenters. The molecule has 6 heteroatoms. The van der Waals surface area contributed by atoms with Gasteiger partial charge in [0, 0.05) is 5.75 Å². The van der Waals surface area contributed by atoms with E-state index in [0.29, 0.717) is 12.5 Å². The third-order valence-corrected chi connectivity index (χ3v) is 4.84. The first-order chi connectivity index (χ1) is 9.88. The predicted molar refractivity (Wildman–Crippen MR) is 77.7 cm³/mol. The molecule has 0 saturated carbocycles. The number of aliphatic hydroxyl groups excluding tert-OH is 1. The van der Waals surface area contributed by atoms with E-state index >= 15 is 0 Å². The summed E-state index contributed by atoms with van der Waals surface area (Å²) in [5, 5.41) is 21.4. The van der Waals surface area contributed by atoms with Gasteiger partial charge in [-0.2, -0.15) is 0 Å². The van der Waals surface area contributed by atoms with E-state index in [1.54, 1.807) is 16.4 Å². The number of thioether (sulfide) groups is 1. The average Bonchev–Trinajstić information content (AvgIpc) is 2.93. The molecule has 5 nitrogen and oxygen atoms in total. The van der Waals surface area contributed by atoms with E-state index in [1.165, 1.54) is 30.4 Å². The van der Waals surface area contributed by atoms with Gasteiger partial charge < -0.3 is 5.11 Å². The number of aryl methyl sites for hydroxylation is 1. The fraction of sp³-hybridized carbons (Fsp3) is 0.500. The van der Waals surface area contributed by atoms with E-state index in [4.69, 9.17) is 5.11 Å². The van der Waals surface area contributed by atoms with Crippen LogP contribution in [0.25, 0.3) is 0 Å². The third-order valence-electron chi connectivity index (χ3n) is 3.72. The minimum absolute atomic E-state index is 0.0604. The number of hydrogen-bond acceptors (Lipinski definition) is 5. The Morgan fingerprint density at radius 2 is 2.25 bits per heavy atom. The molecule has 20 heavy (non-hydrogen) atoms. The lowest BCUT2D eigenvalue weighted by atomic mass is 9.84. The Morgan fingerprint density at radius 1 is 1.35 bits per heavy atom. The zero-order valence-electron chi connectivity index (χ0n) is 11.3. The van der Waals surface area contributed by atoms with Crippen molar-refractivity contribution < 1.29 is 5.11 Å². The maximum Gasteiger partial charge on any atom is 0.209 e. The molecule has 1 aromatic heterocycles. The largest absolute Gasteiger partial charge is 0.394 e. The third kappa shape index (κ3) is 2.86. The number of fused-ring (bicyclic) bond motifs is 1.